The van der Waals surface area contributed by atoms with Gasteiger partial charge in [0.1, 0.15) is 5.15 Å². The maximum atomic E-state index is 11.8. The fourth-order valence-electron chi connectivity index (χ4n) is 2.27. The van der Waals surface area contributed by atoms with Crippen molar-refractivity contribution in [1.29, 1.82) is 0 Å². The molecule has 0 aromatic carbocycles. The van der Waals surface area contributed by atoms with Crippen molar-refractivity contribution < 1.29 is 9.53 Å². The number of pyridine rings is 1. The molecule has 1 aliphatic carbocycles. The summed E-state index contributed by atoms with van der Waals surface area (Å²) in [5.41, 5.74) is 0.404. The van der Waals surface area contributed by atoms with Gasteiger partial charge in [0.25, 0.3) is 5.91 Å². The van der Waals surface area contributed by atoms with Crippen molar-refractivity contribution >= 4 is 17.5 Å². The molecule has 0 saturated heterocycles. The normalized spacial score (nSPS) is 16.3. The molecule has 104 valence electrons. The zero-order chi connectivity index (χ0) is 13.5. The van der Waals surface area contributed by atoms with Crippen LogP contribution in [0.5, 0.6) is 0 Å². The van der Waals surface area contributed by atoms with Gasteiger partial charge in [-0.15, -0.1) is 0 Å². The summed E-state index contributed by atoms with van der Waals surface area (Å²) in [6, 6.07) is 3.35. The van der Waals surface area contributed by atoms with Crippen LogP contribution in [0.1, 0.15) is 42.5 Å². The largest absolute Gasteiger partial charge is 0.376 e. The number of nitrogens with one attached hydrogen (secondary N) is 1. The minimum atomic E-state index is -0.203. The van der Waals surface area contributed by atoms with Crippen molar-refractivity contribution in [2.24, 2.45) is 0 Å². The Morgan fingerprint density at radius 1 is 1.42 bits per heavy atom. The number of hydrogen-bond donors (Lipinski definition) is 1. The van der Waals surface area contributed by atoms with Crippen LogP contribution in [-0.4, -0.2) is 30.1 Å². The van der Waals surface area contributed by atoms with E-state index in [2.05, 4.69) is 10.3 Å². The van der Waals surface area contributed by atoms with Crippen molar-refractivity contribution in [3.63, 3.8) is 0 Å². The number of aromatic nitrogens is 1. The quantitative estimate of drug-likeness (QED) is 0.667. The van der Waals surface area contributed by atoms with Crippen LogP contribution in [0.4, 0.5) is 0 Å². The molecule has 0 spiro atoms. The molecule has 1 fully saturated rings. The van der Waals surface area contributed by atoms with Gasteiger partial charge in [0, 0.05) is 12.7 Å². The van der Waals surface area contributed by atoms with E-state index in [9.17, 15) is 4.79 Å². The monoisotopic (exact) mass is 282 g/mol. The number of rotatable bonds is 5. The van der Waals surface area contributed by atoms with E-state index in [1.54, 1.807) is 18.3 Å². The Morgan fingerprint density at radius 3 is 2.95 bits per heavy atom. The van der Waals surface area contributed by atoms with Crippen molar-refractivity contribution in [1.82, 2.24) is 10.3 Å². The molecule has 1 heterocycles. The van der Waals surface area contributed by atoms with Gasteiger partial charge in [0.2, 0.25) is 0 Å². The minimum Gasteiger partial charge on any atom is -0.376 e. The van der Waals surface area contributed by atoms with Crippen LogP contribution in [0.2, 0.25) is 5.15 Å². The number of ether oxygens (including phenoxy) is 1. The van der Waals surface area contributed by atoms with Crippen LogP contribution in [0, 0.1) is 0 Å². The zero-order valence-corrected chi connectivity index (χ0v) is 11.7. The molecule has 0 bridgehead atoms. The summed E-state index contributed by atoms with van der Waals surface area (Å²) < 4.78 is 5.74. The van der Waals surface area contributed by atoms with Gasteiger partial charge in [-0.2, -0.15) is 0 Å². The average Bonchev–Trinajstić information content (AvgIpc) is 2.45. The first-order valence-electron chi connectivity index (χ1n) is 6.77. The molecule has 2 rings (SSSR count). The predicted molar refractivity (Wildman–Crippen MR) is 74.4 cm³/mol. The molecule has 0 atom stereocenters. The molecule has 1 aromatic heterocycles. The molecule has 1 N–H and O–H groups in total. The highest BCUT2D eigenvalue weighted by atomic mass is 35.5. The van der Waals surface area contributed by atoms with E-state index in [1.807, 2.05) is 0 Å². The number of hydrogen-bond acceptors (Lipinski definition) is 3. The minimum absolute atomic E-state index is 0.203. The molecule has 0 radical (unpaired) electrons. The Hall–Kier alpha value is -1.13. The fraction of sp³-hybridized carbons (Fsp3) is 0.571. The molecule has 1 saturated carbocycles. The molecule has 0 unspecified atom stereocenters. The third kappa shape index (κ3) is 4.48. The van der Waals surface area contributed by atoms with Gasteiger partial charge in [-0.1, -0.05) is 30.9 Å². The lowest BCUT2D eigenvalue weighted by Gasteiger charge is -2.22. The van der Waals surface area contributed by atoms with Crippen LogP contribution < -0.4 is 5.32 Å². The van der Waals surface area contributed by atoms with Gasteiger partial charge in [-0.05, 0) is 25.0 Å². The van der Waals surface area contributed by atoms with E-state index in [0.29, 0.717) is 24.8 Å². The van der Waals surface area contributed by atoms with E-state index >= 15 is 0 Å². The second-order valence-electron chi connectivity index (χ2n) is 4.73. The van der Waals surface area contributed by atoms with Crippen LogP contribution in [-0.2, 0) is 4.74 Å². The highest BCUT2D eigenvalue weighted by Crippen LogP contribution is 2.19. The van der Waals surface area contributed by atoms with Crippen molar-refractivity contribution in [3.8, 4) is 0 Å². The number of carbonyl (C=O) groups excluding carboxylic acids is 1. The first-order valence-corrected chi connectivity index (χ1v) is 7.15. The summed E-state index contributed by atoms with van der Waals surface area (Å²) in [6.07, 6.45) is 8.03. The second kappa shape index (κ2) is 7.46. The van der Waals surface area contributed by atoms with Gasteiger partial charge in [0.05, 0.1) is 18.3 Å². The van der Waals surface area contributed by atoms with Gasteiger partial charge in [0.15, 0.2) is 0 Å². The Balaban J connectivity index is 1.68. The molecule has 1 aliphatic rings. The SMILES string of the molecule is O=C(NCCOC1CCCCC1)c1cccnc1Cl. The highest BCUT2D eigenvalue weighted by Gasteiger charge is 2.14. The van der Waals surface area contributed by atoms with Crippen LogP contribution in [0.3, 0.4) is 0 Å². The highest BCUT2D eigenvalue weighted by molar-refractivity contribution is 6.32. The smallest absolute Gasteiger partial charge is 0.254 e. The molecule has 0 aliphatic heterocycles. The molecule has 4 nitrogen and oxygen atoms in total. The molecule has 1 amide bonds. The number of halogens is 1. The van der Waals surface area contributed by atoms with Gasteiger partial charge in [-0.25, -0.2) is 4.98 Å². The molecular weight excluding hydrogens is 264 g/mol. The number of nitrogens with zero attached hydrogens (tertiary/aromatic N) is 1. The van der Waals surface area contributed by atoms with E-state index in [0.717, 1.165) is 12.8 Å². The standard InChI is InChI=1S/C14H19ClN2O2/c15-13-12(7-4-8-16-13)14(18)17-9-10-19-11-5-2-1-3-6-11/h4,7-8,11H,1-3,5-6,9-10H2,(H,17,18). The van der Waals surface area contributed by atoms with Crippen molar-refractivity contribution in [3.05, 3.63) is 29.0 Å². The zero-order valence-electron chi connectivity index (χ0n) is 10.9. The summed E-state index contributed by atoms with van der Waals surface area (Å²) in [5.74, 6) is -0.203. The second-order valence-corrected chi connectivity index (χ2v) is 5.09. The van der Waals surface area contributed by atoms with Crippen molar-refractivity contribution in [2.75, 3.05) is 13.2 Å². The summed E-state index contributed by atoms with van der Waals surface area (Å²) in [7, 11) is 0. The van der Waals surface area contributed by atoms with Crippen LogP contribution in [0.15, 0.2) is 18.3 Å². The van der Waals surface area contributed by atoms with Crippen LogP contribution in [0.25, 0.3) is 0 Å². The lowest BCUT2D eigenvalue weighted by Crippen LogP contribution is -2.29. The third-order valence-electron chi connectivity index (χ3n) is 3.30. The van der Waals surface area contributed by atoms with E-state index in [-0.39, 0.29) is 11.1 Å². The predicted octanol–water partition coefficient (Wildman–Crippen LogP) is 2.81. The molecule has 1 aromatic rings. The van der Waals surface area contributed by atoms with Crippen molar-refractivity contribution in [2.45, 2.75) is 38.2 Å². The average molecular weight is 283 g/mol. The Kier molecular flexibility index (Phi) is 5.61. The number of amides is 1. The summed E-state index contributed by atoms with van der Waals surface area (Å²) in [6.45, 7) is 1.05. The summed E-state index contributed by atoms with van der Waals surface area (Å²) in [5, 5.41) is 3.02. The van der Waals surface area contributed by atoms with E-state index < -0.39 is 0 Å². The lowest BCUT2D eigenvalue weighted by atomic mass is 9.98. The third-order valence-corrected chi connectivity index (χ3v) is 3.60. The summed E-state index contributed by atoms with van der Waals surface area (Å²) >= 11 is 5.85. The Morgan fingerprint density at radius 2 is 2.21 bits per heavy atom. The fourth-order valence-corrected chi connectivity index (χ4v) is 2.48. The molecular formula is C14H19ClN2O2. The number of carbonyl (C=O) groups is 1. The molecule has 5 heteroatoms. The first kappa shape index (κ1) is 14.3. The maximum absolute atomic E-state index is 11.8. The van der Waals surface area contributed by atoms with Gasteiger partial charge in [-0.3, -0.25) is 4.79 Å². The topological polar surface area (TPSA) is 51.2 Å². The van der Waals surface area contributed by atoms with Gasteiger partial charge < -0.3 is 10.1 Å². The molecule has 19 heavy (non-hydrogen) atoms. The first-order chi connectivity index (χ1) is 9.27. The van der Waals surface area contributed by atoms with E-state index in [4.69, 9.17) is 16.3 Å². The van der Waals surface area contributed by atoms with Crippen LogP contribution >= 0.6 is 11.6 Å². The lowest BCUT2D eigenvalue weighted by molar-refractivity contribution is 0.0299. The Bertz CT molecular complexity index is 420. The summed E-state index contributed by atoms with van der Waals surface area (Å²) in [4.78, 5) is 15.7. The van der Waals surface area contributed by atoms with E-state index in [1.165, 1.54) is 19.3 Å². The Labute approximate surface area is 118 Å². The van der Waals surface area contributed by atoms with Gasteiger partial charge >= 0.3 is 0 Å². The maximum Gasteiger partial charge on any atom is 0.254 e.